The van der Waals surface area contributed by atoms with Crippen molar-refractivity contribution in [2.24, 2.45) is 0 Å². The molecular formula is C9H9I. The largest absolute Gasteiger partial charge is 0.0985 e. The fraction of sp³-hybridized carbons (Fsp3) is 0.111. The summed E-state index contributed by atoms with van der Waals surface area (Å²) in [5.41, 5.74) is 2.52. The number of hydrogen-bond acceptors (Lipinski definition) is 0. The molecule has 1 aromatic carbocycles. The van der Waals surface area contributed by atoms with Crippen molar-refractivity contribution in [3.8, 4) is 0 Å². The minimum absolute atomic E-state index is 1.22. The zero-order valence-corrected chi connectivity index (χ0v) is 8.05. The van der Waals surface area contributed by atoms with E-state index in [1.807, 2.05) is 6.08 Å². The number of hydrogen-bond donors (Lipinski definition) is 0. The highest BCUT2D eigenvalue weighted by Crippen LogP contribution is 2.13. The SMILES string of the molecule is C=Cc1ccc(I)cc1C. The van der Waals surface area contributed by atoms with Crippen molar-refractivity contribution in [1.82, 2.24) is 0 Å². The van der Waals surface area contributed by atoms with Gasteiger partial charge in [-0.15, -0.1) is 0 Å². The van der Waals surface area contributed by atoms with Gasteiger partial charge < -0.3 is 0 Å². The van der Waals surface area contributed by atoms with E-state index in [1.165, 1.54) is 14.7 Å². The summed E-state index contributed by atoms with van der Waals surface area (Å²) in [5, 5.41) is 0. The zero-order valence-electron chi connectivity index (χ0n) is 5.89. The average molecular weight is 244 g/mol. The highest BCUT2D eigenvalue weighted by Gasteiger charge is 1.92. The van der Waals surface area contributed by atoms with Crippen LogP contribution in [0.2, 0.25) is 0 Å². The first-order valence-corrected chi connectivity index (χ1v) is 4.20. The Morgan fingerprint density at radius 2 is 2.20 bits per heavy atom. The lowest BCUT2D eigenvalue weighted by atomic mass is 10.1. The highest BCUT2D eigenvalue weighted by atomic mass is 127. The second-order valence-corrected chi connectivity index (χ2v) is 3.45. The summed E-state index contributed by atoms with van der Waals surface area (Å²) in [4.78, 5) is 0. The summed E-state index contributed by atoms with van der Waals surface area (Å²) in [6, 6.07) is 6.33. The fourth-order valence-electron chi connectivity index (χ4n) is 0.868. The molecule has 0 aliphatic rings. The summed E-state index contributed by atoms with van der Waals surface area (Å²) in [6.07, 6.45) is 1.88. The number of rotatable bonds is 1. The molecule has 0 amide bonds. The van der Waals surface area contributed by atoms with E-state index >= 15 is 0 Å². The van der Waals surface area contributed by atoms with Crippen LogP contribution in [-0.2, 0) is 0 Å². The van der Waals surface area contributed by atoms with Gasteiger partial charge in [-0.3, -0.25) is 0 Å². The summed E-state index contributed by atoms with van der Waals surface area (Å²) in [5.74, 6) is 0. The standard InChI is InChI=1S/C9H9I/c1-3-8-4-5-9(10)6-7(8)2/h3-6H,1H2,2H3. The van der Waals surface area contributed by atoms with Crippen molar-refractivity contribution in [1.29, 1.82) is 0 Å². The summed E-state index contributed by atoms with van der Waals surface area (Å²) >= 11 is 2.30. The maximum Gasteiger partial charge on any atom is 0.0133 e. The molecule has 0 radical (unpaired) electrons. The Labute approximate surface area is 75.1 Å². The van der Waals surface area contributed by atoms with E-state index in [2.05, 4.69) is 54.3 Å². The maximum absolute atomic E-state index is 3.72. The summed E-state index contributed by atoms with van der Waals surface area (Å²) < 4.78 is 1.28. The molecule has 0 bridgehead atoms. The van der Waals surface area contributed by atoms with E-state index in [-0.39, 0.29) is 0 Å². The Bertz CT molecular complexity index is 251. The first kappa shape index (κ1) is 7.79. The minimum atomic E-state index is 1.22. The van der Waals surface area contributed by atoms with Crippen LogP contribution >= 0.6 is 22.6 Å². The highest BCUT2D eigenvalue weighted by molar-refractivity contribution is 14.1. The molecule has 1 rings (SSSR count). The summed E-state index contributed by atoms with van der Waals surface area (Å²) in [7, 11) is 0. The Kier molecular flexibility index (Phi) is 2.49. The van der Waals surface area contributed by atoms with Crippen molar-refractivity contribution in [3.05, 3.63) is 39.5 Å². The van der Waals surface area contributed by atoms with Gasteiger partial charge in [0.1, 0.15) is 0 Å². The molecule has 0 heterocycles. The van der Waals surface area contributed by atoms with E-state index in [0.29, 0.717) is 0 Å². The van der Waals surface area contributed by atoms with Crippen LogP contribution in [0.1, 0.15) is 11.1 Å². The van der Waals surface area contributed by atoms with E-state index < -0.39 is 0 Å². The van der Waals surface area contributed by atoms with Crippen molar-refractivity contribution in [3.63, 3.8) is 0 Å². The first-order chi connectivity index (χ1) is 4.74. The van der Waals surface area contributed by atoms with E-state index in [9.17, 15) is 0 Å². The second-order valence-electron chi connectivity index (χ2n) is 2.21. The van der Waals surface area contributed by atoms with Crippen LogP contribution in [0.4, 0.5) is 0 Å². The third kappa shape index (κ3) is 1.59. The lowest BCUT2D eigenvalue weighted by Crippen LogP contribution is -1.80. The van der Waals surface area contributed by atoms with Crippen molar-refractivity contribution in [2.75, 3.05) is 0 Å². The first-order valence-electron chi connectivity index (χ1n) is 3.12. The smallest absolute Gasteiger partial charge is 0.0133 e. The predicted octanol–water partition coefficient (Wildman–Crippen LogP) is 3.24. The molecule has 0 fully saturated rings. The molecule has 0 N–H and O–H groups in total. The Morgan fingerprint density at radius 3 is 2.70 bits per heavy atom. The molecule has 1 aromatic rings. The average Bonchev–Trinajstić information content (AvgIpc) is 1.88. The lowest BCUT2D eigenvalue weighted by Gasteiger charge is -1.98. The molecule has 52 valence electrons. The van der Waals surface area contributed by atoms with Gasteiger partial charge in [0.25, 0.3) is 0 Å². The topological polar surface area (TPSA) is 0 Å². The quantitative estimate of drug-likeness (QED) is 0.665. The molecular weight excluding hydrogens is 235 g/mol. The second kappa shape index (κ2) is 3.19. The van der Waals surface area contributed by atoms with Crippen LogP contribution in [0.15, 0.2) is 24.8 Å². The van der Waals surface area contributed by atoms with Gasteiger partial charge in [-0.05, 0) is 52.8 Å². The number of aryl methyl sites for hydroxylation is 1. The van der Waals surface area contributed by atoms with Gasteiger partial charge in [0, 0.05) is 3.57 Å². The predicted molar refractivity (Wildman–Crippen MR) is 54.0 cm³/mol. The molecule has 0 saturated heterocycles. The minimum Gasteiger partial charge on any atom is -0.0985 e. The van der Waals surface area contributed by atoms with Crippen LogP contribution in [-0.4, -0.2) is 0 Å². The third-order valence-corrected chi connectivity index (χ3v) is 2.12. The number of benzene rings is 1. The molecule has 0 nitrogen and oxygen atoms in total. The van der Waals surface area contributed by atoms with Crippen LogP contribution in [0.5, 0.6) is 0 Å². The Hall–Kier alpha value is -0.310. The molecule has 0 unspecified atom stereocenters. The molecule has 0 spiro atoms. The van der Waals surface area contributed by atoms with Gasteiger partial charge in [0.15, 0.2) is 0 Å². The van der Waals surface area contributed by atoms with Gasteiger partial charge in [0.2, 0.25) is 0 Å². The molecule has 1 heteroatoms. The molecule has 0 aromatic heterocycles. The zero-order chi connectivity index (χ0) is 7.56. The van der Waals surface area contributed by atoms with Crippen LogP contribution in [0.3, 0.4) is 0 Å². The van der Waals surface area contributed by atoms with Crippen molar-refractivity contribution < 1.29 is 0 Å². The van der Waals surface area contributed by atoms with Crippen molar-refractivity contribution in [2.45, 2.75) is 6.92 Å². The molecule has 10 heavy (non-hydrogen) atoms. The normalized spacial score (nSPS) is 9.40. The van der Waals surface area contributed by atoms with Crippen LogP contribution < -0.4 is 0 Å². The van der Waals surface area contributed by atoms with Crippen molar-refractivity contribution >= 4 is 28.7 Å². The Morgan fingerprint density at radius 1 is 1.50 bits per heavy atom. The van der Waals surface area contributed by atoms with E-state index in [1.54, 1.807) is 0 Å². The number of halogens is 1. The van der Waals surface area contributed by atoms with Gasteiger partial charge in [0.05, 0.1) is 0 Å². The van der Waals surface area contributed by atoms with E-state index in [0.717, 1.165) is 0 Å². The molecule has 0 atom stereocenters. The fourth-order valence-corrected chi connectivity index (χ4v) is 1.52. The van der Waals surface area contributed by atoms with Gasteiger partial charge in [-0.1, -0.05) is 18.7 Å². The van der Waals surface area contributed by atoms with E-state index in [4.69, 9.17) is 0 Å². The monoisotopic (exact) mass is 244 g/mol. The maximum atomic E-state index is 3.72. The Balaban J connectivity index is 3.19. The van der Waals surface area contributed by atoms with Crippen LogP contribution in [0.25, 0.3) is 6.08 Å². The van der Waals surface area contributed by atoms with Gasteiger partial charge >= 0.3 is 0 Å². The molecule has 0 aliphatic carbocycles. The molecule has 0 aliphatic heterocycles. The lowest BCUT2D eigenvalue weighted by molar-refractivity contribution is 1.42. The third-order valence-electron chi connectivity index (χ3n) is 1.45. The summed E-state index contributed by atoms with van der Waals surface area (Å²) in [6.45, 7) is 5.82. The molecule has 0 saturated carbocycles. The van der Waals surface area contributed by atoms with Gasteiger partial charge in [-0.2, -0.15) is 0 Å². The van der Waals surface area contributed by atoms with Crippen LogP contribution in [0, 0.1) is 10.5 Å². The van der Waals surface area contributed by atoms with Gasteiger partial charge in [-0.25, -0.2) is 0 Å².